The first-order valence-corrected chi connectivity index (χ1v) is 12.7. The molecule has 0 bridgehead atoms. The van der Waals surface area contributed by atoms with Crippen LogP contribution in [0.15, 0.2) is 41.8 Å². The Labute approximate surface area is 185 Å². The number of sulfone groups is 1. The maximum Gasteiger partial charge on any atom is 0.325 e. The fourth-order valence-corrected chi connectivity index (χ4v) is 6.99. The molecule has 2 aliphatic heterocycles. The molecule has 0 saturated carbocycles. The standard InChI is InChI=1S/C21H25N3O5S2/c1-29-17-6-4-16(5-7-17)24-11-10-23(21(24)26)15-20(25)22-9-8-19(18-3-2-13-30-18)31(27,28)14-12-22/h2-7,13,19H,8-12,14-15H2,1H3. The van der Waals surface area contributed by atoms with Gasteiger partial charge in [0.15, 0.2) is 9.84 Å². The molecular weight excluding hydrogens is 438 g/mol. The lowest BCUT2D eigenvalue weighted by Crippen LogP contribution is -2.43. The van der Waals surface area contributed by atoms with Crippen molar-refractivity contribution in [2.24, 2.45) is 0 Å². The molecule has 2 aromatic rings. The van der Waals surface area contributed by atoms with Gasteiger partial charge < -0.3 is 14.5 Å². The van der Waals surface area contributed by atoms with Crippen molar-refractivity contribution in [2.75, 3.05) is 50.5 Å². The number of ether oxygens (including phenoxy) is 1. The number of nitrogens with zero attached hydrogens (tertiary/aromatic N) is 3. The van der Waals surface area contributed by atoms with E-state index in [-0.39, 0.29) is 30.8 Å². The van der Waals surface area contributed by atoms with Crippen molar-refractivity contribution >= 4 is 38.8 Å². The van der Waals surface area contributed by atoms with Crippen molar-refractivity contribution in [3.8, 4) is 5.75 Å². The average molecular weight is 464 g/mol. The summed E-state index contributed by atoms with van der Waals surface area (Å²) in [7, 11) is -1.74. The van der Waals surface area contributed by atoms with Crippen LogP contribution in [0, 0.1) is 0 Å². The second-order valence-electron chi connectivity index (χ2n) is 7.59. The molecule has 1 aromatic carbocycles. The lowest BCUT2D eigenvalue weighted by Gasteiger charge is -2.24. The summed E-state index contributed by atoms with van der Waals surface area (Å²) in [5.41, 5.74) is 0.750. The Bertz CT molecular complexity index is 1040. The number of urea groups is 1. The molecule has 1 atom stereocenters. The predicted octanol–water partition coefficient (Wildman–Crippen LogP) is 2.39. The van der Waals surface area contributed by atoms with E-state index in [9.17, 15) is 18.0 Å². The monoisotopic (exact) mass is 463 g/mol. The van der Waals surface area contributed by atoms with Gasteiger partial charge >= 0.3 is 6.03 Å². The number of hydrogen-bond donors (Lipinski definition) is 0. The zero-order valence-corrected chi connectivity index (χ0v) is 18.9. The van der Waals surface area contributed by atoms with E-state index in [0.717, 1.165) is 10.6 Å². The Morgan fingerprint density at radius 2 is 1.90 bits per heavy atom. The van der Waals surface area contributed by atoms with Crippen LogP contribution in [0.25, 0.3) is 0 Å². The fourth-order valence-electron chi connectivity index (χ4n) is 3.98. The highest BCUT2D eigenvalue weighted by molar-refractivity contribution is 7.91. The van der Waals surface area contributed by atoms with Crippen molar-refractivity contribution in [1.29, 1.82) is 0 Å². The normalized spacial score (nSPS) is 21.3. The number of benzene rings is 1. The summed E-state index contributed by atoms with van der Waals surface area (Å²) < 4.78 is 30.5. The summed E-state index contributed by atoms with van der Waals surface area (Å²) in [6, 6.07) is 10.7. The van der Waals surface area contributed by atoms with Crippen LogP contribution in [0.4, 0.5) is 10.5 Å². The molecular formula is C21H25N3O5S2. The lowest BCUT2D eigenvalue weighted by atomic mass is 10.2. The molecule has 1 unspecified atom stereocenters. The van der Waals surface area contributed by atoms with Crippen LogP contribution in [0.3, 0.4) is 0 Å². The Hall–Kier alpha value is -2.59. The minimum atomic E-state index is -3.32. The third kappa shape index (κ3) is 4.54. The number of hydrogen-bond acceptors (Lipinski definition) is 6. The molecule has 10 heteroatoms. The minimum absolute atomic E-state index is 0.0464. The summed E-state index contributed by atoms with van der Waals surface area (Å²) in [4.78, 5) is 31.2. The van der Waals surface area contributed by atoms with E-state index in [1.807, 2.05) is 29.6 Å². The fraction of sp³-hybridized carbons (Fsp3) is 0.429. The Balaban J connectivity index is 1.38. The van der Waals surface area contributed by atoms with Gasteiger partial charge in [-0.3, -0.25) is 9.69 Å². The quantitative estimate of drug-likeness (QED) is 0.680. The zero-order chi connectivity index (χ0) is 22.0. The van der Waals surface area contributed by atoms with Gasteiger partial charge in [0.05, 0.1) is 18.1 Å². The maximum absolute atomic E-state index is 12.9. The third-order valence-electron chi connectivity index (χ3n) is 5.76. The van der Waals surface area contributed by atoms with E-state index in [2.05, 4.69) is 0 Å². The van der Waals surface area contributed by atoms with E-state index in [1.165, 1.54) is 16.2 Å². The first-order valence-electron chi connectivity index (χ1n) is 10.1. The minimum Gasteiger partial charge on any atom is -0.497 e. The first-order chi connectivity index (χ1) is 14.9. The van der Waals surface area contributed by atoms with Crippen LogP contribution in [-0.2, 0) is 14.6 Å². The van der Waals surface area contributed by atoms with E-state index >= 15 is 0 Å². The number of rotatable bonds is 5. The van der Waals surface area contributed by atoms with Crippen LogP contribution < -0.4 is 9.64 Å². The molecule has 8 nitrogen and oxygen atoms in total. The maximum atomic E-state index is 12.9. The smallest absolute Gasteiger partial charge is 0.325 e. The first kappa shape index (κ1) is 21.6. The van der Waals surface area contributed by atoms with Gasteiger partial charge in [0.25, 0.3) is 0 Å². The van der Waals surface area contributed by atoms with Gasteiger partial charge in [0.2, 0.25) is 5.91 Å². The Morgan fingerprint density at radius 1 is 1.13 bits per heavy atom. The van der Waals surface area contributed by atoms with Gasteiger partial charge in [0, 0.05) is 36.7 Å². The molecule has 4 rings (SSSR count). The zero-order valence-electron chi connectivity index (χ0n) is 17.3. The van der Waals surface area contributed by atoms with E-state index < -0.39 is 15.1 Å². The summed E-state index contributed by atoms with van der Waals surface area (Å²) >= 11 is 1.43. The molecule has 0 aliphatic carbocycles. The number of carbonyl (C=O) groups excluding carboxylic acids is 2. The van der Waals surface area contributed by atoms with E-state index in [0.29, 0.717) is 31.8 Å². The molecule has 31 heavy (non-hydrogen) atoms. The van der Waals surface area contributed by atoms with Crippen LogP contribution in [0.5, 0.6) is 5.75 Å². The van der Waals surface area contributed by atoms with Gasteiger partial charge in [-0.2, -0.15) is 0 Å². The van der Waals surface area contributed by atoms with Crippen LogP contribution in [-0.4, -0.2) is 75.7 Å². The largest absolute Gasteiger partial charge is 0.497 e. The van der Waals surface area contributed by atoms with Crippen molar-refractivity contribution < 1.29 is 22.7 Å². The van der Waals surface area contributed by atoms with Crippen molar-refractivity contribution in [3.05, 3.63) is 46.7 Å². The van der Waals surface area contributed by atoms with Crippen molar-refractivity contribution in [3.63, 3.8) is 0 Å². The Morgan fingerprint density at radius 3 is 2.58 bits per heavy atom. The SMILES string of the molecule is COc1ccc(N2CCN(CC(=O)N3CCC(c4cccs4)S(=O)(=O)CC3)C2=O)cc1. The highest BCUT2D eigenvalue weighted by Gasteiger charge is 2.35. The van der Waals surface area contributed by atoms with Crippen molar-refractivity contribution in [1.82, 2.24) is 9.80 Å². The molecule has 1 aromatic heterocycles. The number of amides is 3. The van der Waals surface area contributed by atoms with Gasteiger partial charge in [-0.15, -0.1) is 11.3 Å². The summed E-state index contributed by atoms with van der Waals surface area (Å²) in [5.74, 6) is 0.430. The molecule has 2 saturated heterocycles. The molecule has 3 amide bonds. The van der Waals surface area contributed by atoms with E-state index in [1.54, 1.807) is 29.0 Å². The highest BCUT2D eigenvalue weighted by atomic mass is 32.2. The molecule has 166 valence electrons. The van der Waals surface area contributed by atoms with Crippen LogP contribution in [0.2, 0.25) is 0 Å². The second-order valence-corrected chi connectivity index (χ2v) is 10.9. The summed E-state index contributed by atoms with van der Waals surface area (Å²) in [6.07, 6.45) is 0.376. The van der Waals surface area contributed by atoms with E-state index in [4.69, 9.17) is 4.74 Å². The number of carbonyl (C=O) groups is 2. The molecule has 0 N–H and O–H groups in total. The van der Waals surface area contributed by atoms with Gasteiger partial charge in [-0.25, -0.2) is 13.2 Å². The Kier molecular flexibility index (Phi) is 6.19. The lowest BCUT2D eigenvalue weighted by molar-refractivity contribution is -0.131. The summed E-state index contributed by atoms with van der Waals surface area (Å²) in [5, 5.41) is 1.30. The van der Waals surface area contributed by atoms with Gasteiger partial charge in [0.1, 0.15) is 12.3 Å². The molecule has 2 fully saturated rings. The van der Waals surface area contributed by atoms with Crippen LogP contribution in [0.1, 0.15) is 16.5 Å². The van der Waals surface area contributed by atoms with Gasteiger partial charge in [-0.05, 0) is 42.1 Å². The number of anilines is 1. The highest BCUT2D eigenvalue weighted by Crippen LogP contribution is 2.32. The second kappa shape index (κ2) is 8.88. The van der Waals surface area contributed by atoms with Crippen molar-refractivity contribution in [2.45, 2.75) is 11.7 Å². The average Bonchev–Trinajstić information content (AvgIpc) is 3.37. The third-order valence-corrected chi connectivity index (χ3v) is 9.00. The molecule has 0 spiro atoms. The predicted molar refractivity (Wildman–Crippen MR) is 119 cm³/mol. The number of thiophene rings is 1. The molecule has 0 radical (unpaired) electrons. The molecule has 3 heterocycles. The topological polar surface area (TPSA) is 87.2 Å². The van der Waals surface area contributed by atoms with Crippen LogP contribution >= 0.6 is 11.3 Å². The summed E-state index contributed by atoms with van der Waals surface area (Å²) in [6.45, 7) is 1.42. The number of methoxy groups -OCH3 is 1. The molecule has 2 aliphatic rings. The van der Waals surface area contributed by atoms with Gasteiger partial charge in [-0.1, -0.05) is 6.07 Å².